The van der Waals surface area contributed by atoms with Gasteiger partial charge in [-0.2, -0.15) is 5.26 Å². The first-order valence-corrected chi connectivity index (χ1v) is 7.14. The molecule has 3 nitrogen and oxygen atoms in total. The molecule has 0 aliphatic heterocycles. The molecule has 1 saturated carbocycles. The van der Waals surface area contributed by atoms with Gasteiger partial charge in [-0.3, -0.25) is 0 Å². The molecule has 0 heterocycles. The third kappa shape index (κ3) is 3.24. The van der Waals surface area contributed by atoms with Crippen LogP contribution in [0.1, 0.15) is 58.8 Å². The van der Waals surface area contributed by atoms with Crippen LogP contribution in [0.3, 0.4) is 0 Å². The summed E-state index contributed by atoms with van der Waals surface area (Å²) in [5.74, 6) is 0.745. The summed E-state index contributed by atoms with van der Waals surface area (Å²) in [5, 5.41) is 20.2. The maximum atomic E-state index is 10.6. The molecule has 1 atom stereocenters. The van der Waals surface area contributed by atoms with Crippen molar-refractivity contribution in [1.82, 2.24) is 0 Å². The van der Waals surface area contributed by atoms with Crippen LogP contribution in [0.5, 0.6) is 0 Å². The second kappa shape index (κ2) is 6.54. The van der Waals surface area contributed by atoms with Crippen LogP contribution in [0.25, 0.3) is 0 Å². The van der Waals surface area contributed by atoms with Crippen molar-refractivity contribution in [3.05, 3.63) is 0 Å². The molecule has 0 aromatic rings. The minimum absolute atomic E-state index is 0.509. The van der Waals surface area contributed by atoms with E-state index >= 15 is 0 Å². The highest BCUT2D eigenvalue weighted by atomic mass is 16.5. The fourth-order valence-electron chi connectivity index (χ4n) is 3.18. The van der Waals surface area contributed by atoms with Gasteiger partial charge in [-0.1, -0.05) is 19.8 Å². The first kappa shape index (κ1) is 15.5. The Morgan fingerprint density at radius 3 is 2.50 bits per heavy atom. The lowest BCUT2D eigenvalue weighted by molar-refractivity contribution is -0.0804. The van der Waals surface area contributed by atoms with Crippen LogP contribution in [0.4, 0.5) is 0 Å². The Balaban J connectivity index is 2.68. The van der Waals surface area contributed by atoms with Crippen molar-refractivity contribution in [2.75, 3.05) is 13.7 Å². The zero-order valence-electron chi connectivity index (χ0n) is 12.0. The maximum absolute atomic E-state index is 10.6. The Bertz CT molecular complexity index is 285. The molecular formula is C15H27NO2. The van der Waals surface area contributed by atoms with Gasteiger partial charge in [0.2, 0.25) is 0 Å². The smallest absolute Gasteiger partial charge is 0.0858 e. The van der Waals surface area contributed by atoms with Crippen molar-refractivity contribution in [1.29, 1.82) is 5.26 Å². The van der Waals surface area contributed by atoms with Crippen molar-refractivity contribution in [2.45, 2.75) is 64.4 Å². The summed E-state index contributed by atoms with van der Waals surface area (Å²) in [6.07, 6.45) is 6.80. The summed E-state index contributed by atoms with van der Waals surface area (Å²) in [4.78, 5) is 0. The van der Waals surface area contributed by atoms with E-state index in [0.717, 1.165) is 31.6 Å². The minimum Gasteiger partial charge on any atom is -0.388 e. The Labute approximate surface area is 111 Å². The Morgan fingerprint density at radius 2 is 2.06 bits per heavy atom. The first-order chi connectivity index (χ1) is 8.51. The summed E-state index contributed by atoms with van der Waals surface area (Å²) in [6, 6.07) is 2.42. The van der Waals surface area contributed by atoms with E-state index < -0.39 is 11.0 Å². The second-order valence-electron chi connectivity index (χ2n) is 5.94. The Kier molecular flexibility index (Phi) is 5.62. The molecule has 0 spiro atoms. The minimum atomic E-state index is -0.936. The SMILES string of the molecule is CCCC1CCC(C#N)(C(C)(O)CCOC)CC1. The van der Waals surface area contributed by atoms with Gasteiger partial charge >= 0.3 is 0 Å². The van der Waals surface area contributed by atoms with E-state index in [1.807, 2.05) is 0 Å². The van der Waals surface area contributed by atoms with Crippen LogP contribution >= 0.6 is 0 Å². The lowest BCUT2D eigenvalue weighted by Crippen LogP contribution is -2.48. The number of hydrogen-bond acceptors (Lipinski definition) is 3. The zero-order valence-corrected chi connectivity index (χ0v) is 12.0. The molecule has 104 valence electrons. The van der Waals surface area contributed by atoms with Crippen molar-refractivity contribution in [3.63, 3.8) is 0 Å². The van der Waals surface area contributed by atoms with Gasteiger partial charge in [-0.15, -0.1) is 0 Å². The lowest BCUT2D eigenvalue weighted by atomic mass is 9.61. The molecule has 0 aromatic heterocycles. The normalized spacial score (nSPS) is 31.6. The molecule has 1 N–H and O–H groups in total. The van der Waals surface area contributed by atoms with E-state index in [-0.39, 0.29) is 0 Å². The van der Waals surface area contributed by atoms with E-state index in [9.17, 15) is 10.4 Å². The molecule has 3 heteroatoms. The van der Waals surface area contributed by atoms with Gasteiger partial charge in [0.1, 0.15) is 0 Å². The van der Waals surface area contributed by atoms with Gasteiger partial charge < -0.3 is 9.84 Å². The number of aliphatic hydroxyl groups is 1. The second-order valence-corrected chi connectivity index (χ2v) is 5.94. The predicted octanol–water partition coefficient (Wildman–Crippen LogP) is 3.27. The van der Waals surface area contributed by atoms with E-state index in [0.29, 0.717) is 13.0 Å². The molecule has 1 unspecified atom stereocenters. The van der Waals surface area contributed by atoms with E-state index in [1.54, 1.807) is 14.0 Å². The lowest BCUT2D eigenvalue weighted by Gasteiger charge is -2.44. The molecule has 1 fully saturated rings. The van der Waals surface area contributed by atoms with E-state index in [4.69, 9.17) is 4.74 Å². The number of rotatable bonds is 6. The molecule has 1 aliphatic rings. The van der Waals surface area contributed by atoms with Crippen molar-refractivity contribution >= 4 is 0 Å². The van der Waals surface area contributed by atoms with Gasteiger partial charge in [0.25, 0.3) is 0 Å². The van der Waals surface area contributed by atoms with Crippen LogP contribution in [0.15, 0.2) is 0 Å². The summed E-state index contributed by atoms with van der Waals surface area (Å²) in [6.45, 7) is 4.52. The molecule has 0 radical (unpaired) electrons. The molecule has 0 amide bonds. The summed E-state index contributed by atoms with van der Waals surface area (Å²) in [7, 11) is 1.63. The summed E-state index contributed by atoms with van der Waals surface area (Å²) >= 11 is 0. The summed E-state index contributed by atoms with van der Waals surface area (Å²) in [5.41, 5.74) is -1.51. The van der Waals surface area contributed by atoms with E-state index in [1.165, 1.54) is 12.8 Å². The highest BCUT2D eigenvalue weighted by Gasteiger charge is 2.48. The van der Waals surface area contributed by atoms with Gasteiger partial charge in [-0.05, 0) is 38.5 Å². The standard InChI is InChI=1S/C15H27NO2/c1-4-5-13-6-8-15(12-16,9-7-13)14(2,17)10-11-18-3/h13,17H,4-11H2,1-3H3. The average molecular weight is 253 g/mol. The quantitative estimate of drug-likeness (QED) is 0.790. The van der Waals surface area contributed by atoms with Crippen LogP contribution < -0.4 is 0 Å². The molecule has 1 aliphatic carbocycles. The largest absolute Gasteiger partial charge is 0.388 e. The highest BCUT2D eigenvalue weighted by molar-refractivity contribution is 5.11. The van der Waals surface area contributed by atoms with Crippen molar-refractivity contribution < 1.29 is 9.84 Å². The fourth-order valence-corrected chi connectivity index (χ4v) is 3.18. The number of nitriles is 1. The van der Waals surface area contributed by atoms with Crippen LogP contribution in [0.2, 0.25) is 0 Å². The average Bonchev–Trinajstić information content (AvgIpc) is 2.37. The van der Waals surface area contributed by atoms with Crippen LogP contribution in [-0.4, -0.2) is 24.4 Å². The molecule has 0 aromatic carbocycles. The molecule has 18 heavy (non-hydrogen) atoms. The van der Waals surface area contributed by atoms with Crippen LogP contribution in [0, 0.1) is 22.7 Å². The zero-order chi connectivity index (χ0) is 13.6. The van der Waals surface area contributed by atoms with Gasteiger partial charge in [0.15, 0.2) is 0 Å². The monoisotopic (exact) mass is 253 g/mol. The Hall–Kier alpha value is -0.590. The number of nitrogens with zero attached hydrogens (tertiary/aromatic N) is 1. The third-order valence-corrected chi connectivity index (χ3v) is 4.69. The topological polar surface area (TPSA) is 53.2 Å². The third-order valence-electron chi connectivity index (χ3n) is 4.69. The predicted molar refractivity (Wildman–Crippen MR) is 72.0 cm³/mol. The molecule has 0 bridgehead atoms. The van der Waals surface area contributed by atoms with Gasteiger partial charge in [0, 0.05) is 20.1 Å². The highest BCUT2D eigenvalue weighted by Crippen LogP contribution is 2.48. The van der Waals surface area contributed by atoms with Gasteiger partial charge in [-0.25, -0.2) is 0 Å². The fraction of sp³-hybridized carbons (Fsp3) is 0.933. The Morgan fingerprint density at radius 1 is 1.44 bits per heavy atom. The summed E-state index contributed by atoms with van der Waals surface area (Å²) < 4.78 is 5.05. The molecule has 0 saturated heterocycles. The molecule has 1 rings (SSSR count). The number of ether oxygens (including phenoxy) is 1. The number of methoxy groups -OCH3 is 1. The van der Waals surface area contributed by atoms with E-state index in [2.05, 4.69) is 13.0 Å². The molecular weight excluding hydrogens is 226 g/mol. The first-order valence-electron chi connectivity index (χ1n) is 7.14. The van der Waals surface area contributed by atoms with Crippen LogP contribution in [-0.2, 0) is 4.74 Å². The number of hydrogen-bond donors (Lipinski definition) is 1. The maximum Gasteiger partial charge on any atom is 0.0858 e. The van der Waals surface area contributed by atoms with Crippen molar-refractivity contribution in [2.24, 2.45) is 11.3 Å². The van der Waals surface area contributed by atoms with Crippen molar-refractivity contribution in [3.8, 4) is 6.07 Å². The van der Waals surface area contributed by atoms with Gasteiger partial charge in [0.05, 0.1) is 17.1 Å².